The van der Waals surface area contributed by atoms with Crippen LogP contribution >= 0.6 is 0 Å². The van der Waals surface area contributed by atoms with Crippen molar-refractivity contribution in [3.8, 4) is 5.75 Å². The molecule has 0 aliphatic carbocycles. The highest BCUT2D eigenvalue weighted by Crippen LogP contribution is 2.33. The number of hydrogen-bond acceptors (Lipinski definition) is 14. The first-order valence-corrected chi connectivity index (χ1v) is 15.7. The lowest BCUT2D eigenvalue weighted by molar-refractivity contribution is 0.0818. The maximum absolute atomic E-state index is 5.68. The van der Waals surface area contributed by atoms with Crippen LogP contribution in [0.25, 0.3) is 11.0 Å². The molecule has 0 unspecified atom stereocenters. The fourth-order valence-electron chi connectivity index (χ4n) is 5.27. The number of piperidine rings is 1. The monoisotopic (exact) mass is 642 g/mol. The lowest BCUT2D eigenvalue weighted by atomic mass is 10.1. The Hall–Kier alpha value is -3.56. The average molecular weight is 643 g/mol. The molecule has 46 heavy (non-hydrogen) atoms. The number of rotatable bonds is 20. The number of anilines is 4. The second-order valence-electron chi connectivity index (χ2n) is 11.0. The Morgan fingerprint density at radius 3 is 1.72 bits per heavy atom. The van der Waals surface area contributed by atoms with E-state index in [0.29, 0.717) is 87.9 Å². The van der Waals surface area contributed by atoms with Gasteiger partial charge in [-0.2, -0.15) is 9.97 Å². The molecule has 1 fully saturated rings. The molecule has 0 saturated carbocycles. The van der Waals surface area contributed by atoms with Crippen LogP contribution in [0.3, 0.4) is 0 Å². The van der Waals surface area contributed by atoms with E-state index in [-0.39, 0.29) is 6.10 Å². The normalized spacial score (nSPS) is 13.7. The molecule has 14 nitrogen and oxygen atoms in total. The van der Waals surface area contributed by atoms with Crippen LogP contribution < -0.4 is 24.8 Å². The lowest BCUT2D eigenvalue weighted by Gasteiger charge is -2.33. The molecule has 0 radical (unpaired) electrons. The summed E-state index contributed by atoms with van der Waals surface area (Å²) in [7, 11) is 10.2. The van der Waals surface area contributed by atoms with Gasteiger partial charge in [-0.3, -0.25) is 0 Å². The Kier molecular flexibility index (Phi) is 14.2. The molecule has 1 N–H and O–H groups in total. The molecule has 1 aromatic carbocycles. The van der Waals surface area contributed by atoms with Gasteiger partial charge in [-0.05, 0) is 30.5 Å². The topological polar surface area (TPSA) is 129 Å². The van der Waals surface area contributed by atoms with Crippen LogP contribution in [0.5, 0.6) is 5.75 Å². The summed E-state index contributed by atoms with van der Waals surface area (Å²) >= 11 is 0. The molecule has 3 aromatic rings. The summed E-state index contributed by atoms with van der Waals surface area (Å²) in [5.41, 5.74) is 2.40. The van der Waals surface area contributed by atoms with Crippen molar-refractivity contribution in [1.82, 2.24) is 19.9 Å². The van der Waals surface area contributed by atoms with E-state index in [0.717, 1.165) is 43.1 Å². The van der Waals surface area contributed by atoms with Gasteiger partial charge in [0.2, 0.25) is 11.9 Å². The van der Waals surface area contributed by atoms with E-state index in [4.69, 9.17) is 48.4 Å². The standard InChI is InChI=1S/C32H50N8O6/c1-41-19-15-39(16-20-42-2)31-35-28-27(29(36-31)33-23-24-7-9-25(45-5)10-8-24)34-32(40(17-21-43-3)18-22-44-4)37-30(28)38-13-11-26(46-6)12-14-38/h7-10,26H,11-23H2,1-6H3,(H,33,35,36). The first-order chi connectivity index (χ1) is 22.5. The maximum atomic E-state index is 5.68. The number of ether oxygens (including phenoxy) is 6. The van der Waals surface area contributed by atoms with Crippen molar-refractivity contribution in [2.45, 2.75) is 25.5 Å². The smallest absolute Gasteiger partial charge is 0.228 e. The van der Waals surface area contributed by atoms with Gasteiger partial charge in [0.15, 0.2) is 11.6 Å². The molecule has 14 heteroatoms. The van der Waals surface area contributed by atoms with Gasteiger partial charge in [0.1, 0.15) is 16.8 Å². The summed E-state index contributed by atoms with van der Waals surface area (Å²) in [5, 5.41) is 3.57. The van der Waals surface area contributed by atoms with E-state index in [2.05, 4.69) is 20.0 Å². The van der Waals surface area contributed by atoms with Crippen LogP contribution in [0.15, 0.2) is 24.3 Å². The molecular weight excluding hydrogens is 592 g/mol. The number of nitrogens with one attached hydrogen (secondary N) is 1. The Balaban J connectivity index is 1.87. The minimum absolute atomic E-state index is 0.217. The lowest BCUT2D eigenvalue weighted by Crippen LogP contribution is -2.38. The number of nitrogens with zero attached hydrogens (tertiary/aromatic N) is 7. The van der Waals surface area contributed by atoms with E-state index in [1.54, 1.807) is 42.7 Å². The number of aromatic nitrogens is 4. The van der Waals surface area contributed by atoms with Crippen molar-refractivity contribution in [3.05, 3.63) is 29.8 Å². The van der Waals surface area contributed by atoms with E-state index >= 15 is 0 Å². The predicted molar refractivity (Wildman–Crippen MR) is 180 cm³/mol. The van der Waals surface area contributed by atoms with Gasteiger partial charge < -0.3 is 48.4 Å². The van der Waals surface area contributed by atoms with Crippen LogP contribution in [-0.2, 0) is 30.2 Å². The highest BCUT2D eigenvalue weighted by atomic mass is 16.5. The molecule has 1 saturated heterocycles. The van der Waals surface area contributed by atoms with E-state index in [9.17, 15) is 0 Å². The molecule has 254 valence electrons. The van der Waals surface area contributed by atoms with Gasteiger partial charge in [0.05, 0.1) is 39.6 Å². The van der Waals surface area contributed by atoms with Crippen molar-refractivity contribution >= 4 is 34.6 Å². The number of benzene rings is 1. The minimum atomic E-state index is 0.217. The third kappa shape index (κ3) is 9.48. The summed E-state index contributed by atoms with van der Waals surface area (Å²) in [6.07, 6.45) is 2.00. The van der Waals surface area contributed by atoms with Crippen molar-refractivity contribution in [2.75, 3.05) is 128 Å². The quantitative estimate of drug-likeness (QED) is 0.194. The number of hydrogen-bond donors (Lipinski definition) is 1. The molecule has 1 aliphatic rings. The van der Waals surface area contributed by atoms with Crippen LogP contribution in [0.2, 0.25) is 0 Å². The van der Waals surface area contributed by atoms with Crippen LogP contribution in [0.1, 0.15) is 18.4 Å². The molecule has 0 amide bonds. The predicted octanol–water partition coefficient (Wildman–Crippen LogP) is 2.85. The summed E-state index contributed by atoms with van der Waals surface area (Å²) < 4.78 is 32.7. The fraction of sp³-hybridized carbons (Fsp3) is 0.625. The van der Waals surface area contributed by atoms with Gasteiger partial charge in [0.25, 0.3) is 0 Å². The second-order valence-corrected chi connectivity index (χ2v) is 11.0. The molecular formula is C32H50N8O6. The summed E-state index contributed by atoms with van der Waals surface area (Å²) in [6, 6.07) is 7.96. The highest BCUT2D eigenvalue weighted by molar-refractivity contribution is 5.95. The average Bonchev–Trinajstić information content (AvgIpc) is 3.10. The molecule has 0 spiro atoms. The third-order valence-corrected chi connectivity index (χ3v) is 8.02. The largest absolute Gasteiger partial charge is 0.497 e. The van der Waals surface area contributed by atoms with Crippen molar-refractivity contribution in [3.63, 3.8) is 0 Å². The van der Waals surface area contributed by atoms with E-state index < -0.39 is 0 Å². The van der Waals surface area contributed by atoms with Crippen molar-refractivity contribution < 1.29 is 28.4 Å². The molecule has 3 heterocycles. The Labute approximate surface area is 272 Å². The molecule has 2 aromatic heterocycles. The number of methoxy groups -OCH3 is 6. The minimum Gasteiger partial charge on any atom is -0.497 e. The summed E-state index contributed by atoms with van der Waals surface area (Å²) in [4.78, 5) is 26.9. The zero-order chi connectivity index (χ0) is 32.7. The Bertz CT molecular complexity index is 1310. The third-order valence-electron chi connectivity index (χ3n) is 8.02. The van der Waals surface area contributed by atoms with Gasteiger partial charge in [-0.15, -0.1) is 0 Å². The Morgan fingerprint density at radius 1 is 0.696 bits per heavy atom. The zero-order valence-corrected chi connectivity index (χ0v) is 28.2. The zero-order valence-electron chi connectivity index (χ0n) is 28.2. The maximum Gasteiger partial charge on any atom is 0.228 e. The summed E-state index contributed by atoms with van der Waals surface area (Å²) in [5.74, 6) is 3.32. The molecule has 1 aliphatic heterocycles. The second kappa shape index (κ2) is 18.6. The van der Waals surface area contributed by atoms with Crippen molar-refractivity contribution in [1.29, 1.82) is 0 Å². The van der Waals surface area contributed by atoms with Crippen LogP contribution in [0.4, 0.5) is 23.5 Å². The first-order valence-electron chi connectivity index (χ1n) is 15.7. The fourth-order valence-corrected chi connectivity index (χ4v) is 5.27. The molecule has 0 atom stereocenters. The molecule has 0 bridgehead atoms. The van der Waals surface area contributed by atoms with Crippen LogP contribution in [0, 0.1) is 0 Å². The van der Waals surface area contributed by atoms with Crippen molar-refractivity contribution in [2.24, 2.45) is 0 Å². The van der Waals surface area contributed by atoms with Gasteiger partial charge in [-0.1, -0.05) is 12.1 Å². The Morgan fingerprint density at radius 2 is 1.22 bits per heavy atom. The first kappa shape index (κ1) is 35.3. The van der Waals surface area contributed by atoms with E-state index in [1.165, 1.54) is 0 Å². The highest BCUT2D eigenvalue weighted by Gasteiger charge is 2.27. The van der Waals surface area contributed by atoms with Crippen LogP contribution in [-0.4, -0.2) is 134 Å². The SMILES string of the molecule is COCCN(CCOC)c1nc(N2CCC(OC)CC2)c2nc(N(CCOC)CCOC)nc(NCc3ccc(OC)cc3)c2n1. The van der Waals surface area contributed by atoms with Gasteiger partial charge >= 0.3 is 0 Å². The van der Waals surface area contributed by atoms with Gasteiger partial charge in [0, 0.05) is 81.4 Å². The van der Waals surface area contributed by atoms with Gasteiger partial charge in [-0.25, -0.2) is 9.97 Å². The van der Waals surface area contributed by atoms with E-state index in [1.807, 2.05) is 24.3 Å². The summed E-state index contributed by atoms with van der Waals surface area (Å²) in [6.45, 7) is 6.56. The number of fused-ring (bicyclic) bond motifs is 1. The molecule has 4 rings (SSSR count).